The van der Waals surface area contributed by atoms with Crippen molar-refractivity contribution in [2.45, 2.75) is 58.3 Å². The Morgan fingerprint density at radius 2 is 1.44 bits per heavy atom. The molecule has 0 saturated carbocycles. The Morgan fingerprint density at radius 1 is 0.735 bits per heavy atom. The van der Waals surface area contributed by atoms with E-state index in [1.54, 1.807) is 0 Å². The van der Waals surface area contributed by atoms with Crippen LogP contribution < -0.4 is 20.1 Å². The summed E-state index contributed by atoms with van der Waals surface area (Å²) in [7, 11) is 0. The Labute approximate surface area is 203 Å². The molecule has 3 aromatic rings. The van der Waals surface area contributed by atoms with E-state index < -0.39 is 0 Å². The summed E-state index contributed by atoms with van der Waals surface area (Å²) >= 11 is 0. The van der Waals surface area contributed by atoms with Crippen LogP contribution in [-0.2, 0) is 0 Å². The molecule has 0 aliphatic heterocycles. The third-order valence-electron chi connectivity index (χ3n) is 5.77. The minimum atomic E-state index is -0.255. The number of hydrogen-bond donors (Lipinski definition) is 2. The highest BCUT2D eigenvalue weighted by Crippen LogP contribution is 2.25. The topological polar surface area (TPSA) is 59.6 Å². The van der Waals surface area contributed by atoms with Gasteiger partial charge in [-0.25, -0.2) is 4.79 Å². The lowest BCUT2D eigenvalue weighted by atomic mass is 10.1. The van der Waals surface area contributed by atoms with Gasteiger partial charge in [-0.15, -0.1) is 0 Å². The first-order valence-corrected chi connectivity index (χ1v) is 12.6. The van der Waals surface area contributed by atoms with Crippen LogP contribution in [0.15, 0.2) is 66.7 Å². The molecule has 0 heterocycles. The van der Waals surface area contributed by atoms with Crippen molar-refractivity contribution in [2.24, 2.45) is 0 Å². The Morgan fingerprint density at radius 3 is 2.24 bits per heavy atom. The zero-order valence-electron chi connectivity index (χ0n) is 20.4. The molecule has 0 aromatic heterocycles. The highest BCUT2D eigenvalue weighted by Gasteiger charge is 2.04. The van der Waals surface area contributed by atoms with E-state index in [1.165, 1.54) is 44.9 Å². The SMILES string of the molecule is CCCCCCCCCCOc1ccc(NC(=O)NCCOc2cccc3ccccc23)cc1. The summed E-state index contributed by atoms with van der Waals surface area (Å²) in [5.41, 5.74) is 0.729. The van der Waals surface area contributed by atoms with Crippen LogP contribution in [0.3, 0.4) is 0 Å². The monoisotopic (exact) mass is 462 g/mol. The van der Waals surface area contributed by atoms with E-state index >= 15 is 0 Å². The van der Waals surface area contributed by atoms with E-state index in [4.69, 9.17) is 9.47 Å². The van der Waals surface area contributed by atoms with E-state index in [0.717, 1.165) is 41.0 Å². The van der Waals surface area contributed by atoms with E-state index in [0.29, 0.717) is 13.2 Å². The maximum absolute atomic E-state index is 12.2. The second kappa shape index (κ2) is 14.8. The van der Waals surface area contributed by atoms with Gasteiger partial charge >= 0.3 is 6.03 Å². The van der Waals surface area contributed by atoms with Crippen molar-refractivity contribution < 1.29 is 14.3 Å². The third kappa shape index (κ3) is 8.97. The van der Waals surface area contributed by atoms with Crippen LogP contribution in [-0.4, -0.2) is 25.8 Å². The van der Waals surface area contributed by atoms with Crippen LogP contribution in [0.2, 0.25) is 0 Å². The van der Waals surface area contributed by atoms with E-state index in [9.17, 15) is 4.79 Å². The van der Waals surface area contributed by atoms with Gasteiger partial charge in [-0.2, -0.15) is 0 Å². The second-order valence-electron chi connectivity index (χ2n) is 8.55. The van der Waals surface area contributed by atoms with Gasteiger partial charge in [-0.05, 0) is 42.1 Å². The largest absolute Gasteiger partial charge is 0.494 e. The Kier molecular flexibility index (Phi) is 11.1. The van der Waals surface area contributed by atoms with Crippen molar-refractivity contribution in [2.75, 3.05) is 25.1 Å². The average Bonchev–Trinajstić information content (AvgIpc) is 2.86. The minimum Gasteiger partial charge on any atom is -0.494 e. The first-order valence-electron chi connectivity index (χ1n) is 12.6. The van der Waals surface area contributed by atoms with Gasteiger partial charge in [0.05, 0.1) is 13.2 Å². The molecular formula is C29H38N2O3. The number of carbonyl (C=O) groups excluding carboxylic acids is 1. The summed E-state index contributed by atoms with van der Waals surface area (Å²) in [6.45, 7) is 3.79. The van der Waals surface area contributed by atoms with Gasteiger partial charge in [-0.1, -0.05) is 88.3 Å². The van der Waals surface area contributed by atoms with Crippen LogP contribution in [0.1, 0.15) is 58.3 Å². The highest BCUT2D eigenvalue weighted by molar-refractivity contribution is 5.89. The molecule has 3 rings (SSSR count). The fourth-order valence-corrected chi connectivity index (χ4v) is 3.88. The molecule has 5 heteroatoms. The summed E-state index contributed by atoms with van der Waals surface area (Å²) in [5, 5.41) is 7.87. The van der Waals surface area contributed by atoms with Gasteiger partial charge in [0.25, 0.3) is 0 Å². The molecule has 0 spiro atoms. The Bertz CT molecular complexity index is 983. The highest BCUT2D eigenvalue weighted by atomic mass is 16.5. The van der Waals surface area contributed by atoms with Crippen molar-refractivity contribution in [1.29, 1.82) is 0 Å². The minimum absolute atomic E-state index is 0.255. The lowest BCUT2D eigenvalue weighted by Gasteiger charge is -2.11. The smallest absolute Gasteiger partial charge is 0.319 e. The van der Waals surface area contributed by atoms with Crippen molar-refractivity contribution in [1.82, 2.24) is 5.32 Å². The van der Waals surface area contributed by atoms with E-state index in [-0.39, 0.29) is 6.03 Å². The zero-order valence-corrected chi connectivity index (χ0v) is 20.4. The predicted octanol–water partition coefficient (Wildman–Crippen LogP) is 7.56. The number of fused-ring (bicyclic) bond motifs is 1. The fourth-order valence-electron chi connectivity index (χ4n) is 3.88. The van der Waals surface area contributed by atoms with Gasteiger partial charge in [-0.3, -0.25) is 0 Å². The fraction of sp³-hybridized carbons (Fsp3) is 0.414. The molecule has 0 radical (unpaired) electrons. The molecule has 3 aromatic carbocycles. The number of anilines is 1. The lowest BCUT2D eigenvalue weighted by molar-refractivity contribution is 0.247. The number of nitrogens with one attached hydrogen (secondary N) is 2. The van der Waals surface area contributed by atoms with Gasteiger partial charge in [0.1, 0.15) is 18.1 Å². The summed E-state index contributed by atoms with van der Waals surface area (Å²) < 4.78 is 11.7. The van der Waals surface area contributed by atoms with E-state index in [2.05, 4.69) is 29.7 Å². The molecule has 0 saturated heterocycles. The molecule has 0 bridgehead atoms. The predicted molar refractivity (Wildman–Crippen MR) is 141 cm³/mol. The number of unbranched alkanes of at least 4 members (excludes halogenated alkanes) is 7. The number of hydrogen-bond acceptors (Lipinski definition) is 3. The average molecular weight is 463 g/mol. The number of carbonyl (C=O) groups is 1. The molecule has 0 fully saturated rings. The summed E-state index contributed by atoms with van der Waals surface area (Å²) in [6.07, 6.45) is 10.3. The molecule has 34 heavy (non-hydrogen) atoms. The molecule has 5 nitrogen and oxygen atoms in total. The first kappa shape index (κ1) is 25.4. The van der Waals surface area contributed by atoms with Gasteiger partial charge < -0.3 is 20.1 Å². The summed E-state index contributed by atoms with van der Waals surface area (Å²) in [6, 6.07) is 21.3. The standard InChI is InChI=1S/C29H38N2O3/c1-2-3-4-5-6-7-8-11-22-33-26-19-17-25(18-20-26)31-29(32)30-21-23-34-28-16-12-14-24-13-9-10-15-27(24)28/h9-10,12-20H,2-8,11,21-23H2,1H3,(H2,30,31,32). The van der Waals surface area contributed by atoms with Crippen LogP contribution >= 0.6 is 0 Å². The Balaban J connectivity index is 1.27. The molecule has 0 aliphatic carbocycles. The number of urea groups is 1. The maximum Gasteiger partial charge on any atom is 0.319 e. The zero-order chi connectivity index (χ0) is 23.8. The lowest BCUT2D eigenvalue weighted by Crippen LogP contribution is -2.32. The van der Waals surface area contributed by atoms with Gasteiger partial charge in [0.15, 0.2) is 0 Å². The van der Waals surface area contributed by atoms with Crippen LogP contribution in [0, 0.1) is 0 Å². The molecular weight excluding hydrogens is 424 g/mol. The molecule has 182 valence electrons. The summed E-state index contributed by atoms with van der Waals surface area (Å²) in [5.74, 6) is 1.65. The van der Waals surface area contributed by atoms with Crippen LogP contribution in [0.25, 0.3) is 10.8 Å². The van der Waals surface area contributed by atoms with Crippen molar-refractivity contribution in [3.8, 4) is 11.5 Å². The van der Waals surface area contributed by atoms with Crippen molar-refractivity contribution in [3.63, 3.8) is 0 Å². The molecule has 0 aliphatic rings. The number of amides is 2. The first-order chi connectivity index (χ1) is 16.8. The van der Waals surface area contributed by atoms with Crippen molar-refractivity contribution in [3.05, 3.63) is 66.7 Å². The Hall–Kier alpha value is -3.21. The van der Waals surface area contributed by atoms with Gasteiger partial charge in [0, 0.05) is 11.1 Å². The van der Waals surface area contributed by atoms with Crippen LogP contribution in [0.4, 0.5) is 10.5 Å². The molecule has 0 atom stereocenters. The number of rotatable bonds is 15. The second-order valence-corrected chi connectivity index (χ2v) is 8.55. The third-order valence-corrected chi connectivity index (χ3v) is 5.77. The van der Waals surface area contributed by atoms with Crippen LogP contribution in [0.5, 0.6) is 11.5 Å². The maximum atomic E-state index is 12.2. The molecule has 0 unspecified atom stereocenters. The number of ether oxygens (including phenoxy) is 2. The molecule has 2 N–H and O–H groups in total. The normalized spacial score (nSPS) is 10.7. The van der Waals surface area contributed by atoms with Crippen molar-refractivity contribution >= 4 is 22.5 Å². The molecule has 2 amide bonds. The summed E-state index contributed by atoms with van der Waals surface area (Å²) in [4.78, 5) is 12.2. The van der Waals surface area contributed by atoms with E-state index in [1.807, 2.05) is 54.6 Å². The number of benzene rings is 3. The quantitative estimate of drug-likeness (QED) is 0.229. The van der Waals surface area contributed by atoms with Gasteiger partial charge in [0.2, 0.25) is 0 Å².